The summed E-state index contributed by atoms with van der Waals surface area (Å²) in [7, 11) is 0. The van der Waals surface area contributed by atoms with Crippen LogP contribution in [0.15, 0.2) is 0 Å². The van der Waals surface area contributed by atoms with Crippen LogP contribution in [0.4, 0.5) is 0 Å². The van der Waals surface area contributed by atoms with Crippen LogP contribution in [-0.4, -0.2) is 22.4 Å². The Kier molecular flexibility index (Phi) is 20.4. The van der Waals surface area contributed by atoms with Crippen molar-refractivity contribution < 1.29 is 39.0 Å². The summed E-state index contributed by atoms with van der Waals surface area (Å²) in [6, 6.07) is 0. The van der Waals surface area contributed by atoms with Crippen LogP contribution in [0.2, 0.25) is 0 Å². The molecule has 0 saturated carbocycles. The zero-order valence-corrected chi connectivity index (χ0v) is 17.5. The van der Waals surface area contributed by atoms with E-state index in [-0.39, 0.29) is 18.6 Å². The van der Waals surface area contributed by atoms with Gasteiger partial charge in [-0.1, -0.05) is 83.1 Å². The van der Waals surface area contributed by atoms with E-state index in [1.807, 2.05) is 0 Å². The van der Waals surface area contributed by atoms with Gasteiger partial charge < -0.3 is 20.4 Å². The first-order valence-electron chi connectivity index (χ1n) is 6.82. The summed E-state index contributed by atoms with van der Waals surface area (Å²) in [4.78, 5) is 0. The molecule has 0 amide bonds. The van der Waals surface area contributed by atoms with Gasteiger partial charge in [0.25, 0.3) is 0 Å². The van der Waals surface area contributed by atoms with Gasteiger partial charge in [0.05, 0.1) is 0 Å². The van der Waals surface area contributed by atoms with Crippen LogP contribution in [0.3, 0.4) is 0 Å². The van der Waals surface area contributed by atoms with Gasteiger partial charge in [0, 0.05) is 0 Å². The number of rotatable bonds is 0. The van der Waals surface area contributed by atoms with Gasteiger partial charge in [0.1, 0.15) is 0 Å². The van der Waals surface area contributed by atoms with Crippen LogP contribution in [-0.2, 0) is 18.6 Å². The van der Waals surface area contributed by atoms with E-state index in [0.717, 1.165) is 0 Å². The Balaban J connectivity index is -0.0000000533. The zero-order valence-electron chi connectivity index (χ0n) is 16.1. The Bertz CT molecular complexity index is 130. The van der Waals surface area contributed by atoms with Gasteiger partial charge in [-0.2, -0.15) is 0 Å². The van der Waals surface area contributed by atoms with Crippen LogP contribution < -0.4 is 20.4 Å². The minimum absolute atomic E-state index is 0. The minimum atomic E-state index is -0.750. The maximum atomic E-state index is 10.1. The third kappa shape index (κ3) is 38500. The van der Waals surface area contributed by atoms with Crippen molar-refractivity contribution >= 4 is 0 Å². The molecule has 0 rings (SSSR count). The molecule has 4 nitrogen and oxygen atoms in total. The predicted octanol–water partition coefficient (Wildman–Crippen LogP) is 0.578. The molecule has 0 unspecified atom stereocenters. The van der Waals surface area contributed by atoms with E-state index in [1.165, 1.54) is 0 Å². The average Bonchev–Trinajstić information content (AvgIpc) is 1.62. The fourth-order valence-corrected chi connectivity index (χ4v) is 0. The van der Waals surface area contributed by atoms with Crippen LogP contribution >= 0.6 is 0 Å². The predicted molar refractivity (Wildman–Crippen MR) is 79.0 cm³/mol. The molecule has 0 aromatic heterocycles. The summed E-state index contributed by atoms with van der Waals surface area (Å²) in [6.07, 6.45) is 0. The largest absolute Gasteiger partial charge is 4.00 e. The zero-order chi connectivity index (χ0) is 18.0. The van der Waals surface area contributed by atoms with Crippen molar-refractivity contribution in [3.8, 4) is 0 Å². The smallest absolute Gasteiger partial charge is 0.850 e. The molecule has 1 radical (unpaired) electrons. The molecule has 0 saturated heterocycles. The molecule has 0 aromatic carbocycles. The monoisotopic (exact) mass is 343 g/mol. The maximum absolute atomic E-state index is 10.1. The van der Waals surface area contributed by atoms with Gasteiger partial charge in [0.2, 0.25) is 0 Å². The van der Waals surface area contributed by atoms with Crippen LogP contribution in [0.25, 0.3) is 0 Å². The molecule has 0 aliphatic carbocycles. The quantitative estimate of drug-likeness (QED) is 0.643. The van der Waals surface area contributed by atoms with Gasteiger partial charge in [-0.05, 0) is 0 Å². The fourth-order valence-electron chi connectivity index (χ4n) is 0. The summed E-state index contributed by atoms with van der Waals surface area (Å²) >= 11 is 0. The van der Waals surface area contributed by atoms with Crippen molar-refractivity contribution in [2.75, 3.05) is 0 Å². The normalized spacial score (nSPS) is 11.4. The Morgan fingerprint density at radius 3 is 0.333 bits per heavy atom. The second kappa shape index (κ2) is 12.9. The Labute approximate surface area is 144 Å². The first-order valence-corrected chi connectivity index (χ1v) is 6.82. The molecule has 0 fully saturated rings. The molecular formula is C16H36O4V. The molecule has 0 aliphatic heterocycles. The molecule has 0 spiro atoms. The van der Waals surface area contributed by atoms with Gasteiger partial charge >= 0.3 is 18.6 Å². The van der Waals surface area contributed by atoms with E-state index in [1.54, 1.807) is 83.1 Å². The maximum Gasteiger partial charge on any atom is 4.00 e. The van der Waals surface area contributed by atoms with Gasteiger partial charge in [-0.15, -0.1) is 22.4 Å². The second-order valence-corrected chi connectivity index (χ2v) is 8.45. The topological polar surface area (TPSA) is 92.2 Å². The summed E-state index contributed by atoms with van der Waals surface area (Å²) in [6.45, 7) is 19.6. The van der Waals surface area contributed by atoms with Gasteiger partial charge in [-0.3, -0.25) is 0 Å². The van der Waals surface area contributed by atoms with Crippen molar-refractivity contribution in [2.24, 2.45) is 0 Å². The van der Waals surface area contributed by atoms with E-state index in [0.29, 0.717) is 0 Å². The van der Waals surface area contributed by atoms with Crippen LogP contribution in [0.5, 0.6) is 0 Å². The SMILES string of the molecule is CC(C)(C)[O-].CC(C)(C)[O-].CC(C)(C)[O-].CC(C)(C)[O-].[V+4]. The summed E-state index contributed by atoms with van der Waals surface area (Å²) in [5.41, 5.74) is -3.00. The van der Waals surface area contributed by atoms with E-state index in [9.17, 15) is 20.4 Å². The molecule has 0 atom stereocenters. The molecule has 0 bridgehead atoms. The molecule has 129 valence electrons. The van der Waals surface area contributed by atoms with Gasteiger partial charge in [0.15, 0.2) is 0 Å². The third-order valence-electron chi connectivity index (χ3n) is 0. The minimum Gasteiger partial charge on any atom is -0.850 e. The molecule has 0 N–H and O–H groups in total. The fraction of sp³-hybridized carbons (Fsp3) is 1.00. The third-order valence-corrected chi connectivity index (χ3v) is 0. The van der Waals surface area contributed by atoms with Crippen molar-refractivity contribution in [1.82, 2.24) is 0 Å². The Morgan fingerprint density at radius 2 is 0.333 bits per heavy atom. The van der Waals surface area contributed by atoms with E-state index in [4.69, 9.17) is 0 Å². The molecule has 5 heteroatoms. The molecule has 0 aliphatic rings. The van der Waals surface area contributed by atoms with Crippen LogP contribution in [0, 0.1) is 0 Å². The summed E-state index contributed by atoms with van der Waals surface area (Å²) < 4.78 is 0. The molecule has 0 heterocycles. The first kappa shape index (κ1) is 33.1. The van der Waals surface area contributed by atoms with E-state index >= 15 is 0 Å². The van der Waals surface area contributed by atoms with Crippen LogP contribution in [0.1, 0.15) is 83.1 Å². The number of hydrogen-bond donors (Lipinski definition) is 0. The molecular weight excluding hydrogens is 307 g/mol. The Morgan fingerprint density at radius 1 is 0.333 bits per heavy atom. The second-order valence-electron chi connectivity index (χ2n) is 8.45. The number of hydrogen-bond acceptors (Lipinski definition) is 4. The van der Waals surface area contributed by atoms with E-state index in [2.05, 4.69) is 0 Å². The summed E-state index contributed by atoms with van der Waals surface area (Å²) in [5, 5.41) is 40.4. The van der Waals surface area contributed by atoms with Crippen molar-refractivity contribution in [2.45, 2.75) is 105 Å². The average molecular weight is 343 g/mol. The van der Waals surface area contributed by atoms with Crippen molar-refractivity contribution in [3.05, 3.63) is 0 Å². The van der Waals surface area contributed by atoms with E-state index < -0.39 is 22.4 Å². The van der Waals surface area contributed by atoms with Gasteiger partial charge in [-0.25, -0.2) is 0 Å². The first-order chi connectivity index (χ1) is 8.00. The van der Waals surface area contributed by atoms with Crippen molar-refractivity contribution in [1.29, 1.82) is 0 Å². The van der Waals surface area contributed by atoms with Crippen molar-refractivity contribution in [3.63, 3.8) is 0 Å². The molecule has 0 aromatic rings. The summed E-state index contributed by atoms with van der Waals surface area (Å²) in [5.74, 6) is 0. The molecule has 21 heavy (non-hydrogen) atoms. The Hall–Kier alpha value is 0.424. The standard InChI is InChI=1S/4C4H9O.V/c4*1-4(2,3)5;/h4*1-3H3;/q4*-1;+4.